The van der Waals surface area contributed by atoms with Gasteiger partial charge in [0.1, 0.15) is 17.7 Å². The van der Waals surface area contributed by atoms with Gasteiger partial charge in [-0.25, -0.2) is 8.78 Å². The van der Waals surface area contributed by atoms with Crippen LogP contribution in [0.2, 0.25) is 0 Å². The minimum absolute atomic E-state index is 0.0697. The number of nitrogens with zero attached hydrogens (tertiary/aromatic N) is 1. The molecule has 0 bridgehead atoms. The monoisotopic (exact) mass is 280 g/mol. The average molecular weight is 280 g/mol. The lowest BCUT2D eigenvalue weighted by molar-refractivity contribution is 0.627. The first-order valence-electron chi connectivity index (χ1n) is 6.29. The second-order valence-electron chi connectivity index (χ2n) is 4.64. The Labute approximate surface area is 120 Å². The van der Waals surface area contributed by atoms with Gasteiger partial charge in [-0.1, -0.05) is 36.4 Å². The molecule has 0 heterocycles. The quantitative estimate of drug-likeness (QED) is 0.678. The molecule has 0 saturated heterocycles. The molecule has 102 valence electrons. The molecular weight excluding hydrogens is 270 g/mol. The first-order chi connectivity index (χ1) is 10.1. The Morgan fingerprint density at radius 3 is 2.14 bits per heavy atom. The van der Waals surface area contributed by atoms with E-state index < -0.39 is 11.6 Å². The van der Waals surface area contributed by atoms with Gasteiger partial charge in [-0.3, -0.25) is 0 Å². The molecule has 3 rings (SSSR count). The maximum atomic E-state index is 14.7. The van der Waals surface area contributed by atoms with E-state index in [9.17, 15) is 14.0 Å². The van der Waals surface area contributed by atoms with Crippen molar-refractivity contribution in [2.45, 2.75) is 0 Å². The van der Waals surface area contributed by atoms with E-state index in [2.05, 4.69) is 0 Å². The molecule has 0 aromatic heterocycles. The summed E-state index contributed by atoms with van der Waals surface area (Å²) in [7, 11) is 0. The van der Waals surface area contributed by atoms with Crippen LogP contribution in [0.1, 0.15) is 5.56 Å². The summed E-state index contributed by atoms with van der Waals surface area (Å²) in [5.41, 5.74) is 6.84. The van der Waals surface area contributed by atoms with E-state index in [1.54, 1.807) is 24.3 Å². The van der Waals surface area contributed by atoms with Crippen molar-refractivity contribution in [1.29, 1.82) is 5.26 Å². The molecule has 0 aliphatic heterocycles. The van der Waals surface area contributed by atoms with Gasteiger partial charge in [-0.2, -0.15) is 5.26 Å². The maximum Gasteiger partial charge on any atom is 0.141 e. The zero-order valence-electron chi connectivity index (χ0n) is 10.9. The van der Waals surface area contributed by atoms with E-state index in [-0.39, 0.29) is 16.8 Å². The van der Waals surface area contributed by atoms with Crippen molar-refractivity contribution in [3.8, 4) is 17.2 Å². The van der Waals surface area contributed by atoms with E-state index in [1.807, 2.05) is 6.07 Å². The van der Waals surface area contributed by atoms with Crippen molar-refractivity contribution in [2.24, 2.45) is 0 Å². The van der Waals surface area contributed by atoms with Crippen LogP contribution < -0.4 is 5.73 Å². The van der Waals surface area contributed by atoms with Crippen molar-refractivity contribution >= 4 is 16.5 Å². The van der Waals surface area contributed by atoms with Crippen LogP contribution in [0.25, 0.3) is 21.9 Å². The molecule has 0 aliphatic rings. The van der Waals surface area contributed by atoms with E-state index in [1.165, 1.54) is 24.3 Å². The number of rotatable bonds is 1. The molecule has 3 aromatic carbocycles. The first kappa shape index (κ1) is 13.1. The SMILES string of the molecule is N#Cc1c(N)c(-c2ccc(F)cc2)c(F)c2ccccc12. The van der Waals surface area contributed by atoms with Gasteiger partial charge in [0, 0.05) is 16.3 Å². The summed E-state index contributed by atoms with van der Waals surface area (Å²) in [4.78, 5) is 0. The first-order valence-corrected chi connectivity index (χ1v) is 6.29. The minimum Gasteiger partial charge on any atom is -0.397 e. The second-order valence-corrected chi connectivity index (χ2v) is 4.64. The molecular formula is C17H10F2N2. The lowest BCUT2D eigenvalue weighted by atomic mass is 9.94. The number of nitrogen functional groups attached to an aromatic ring is 1. The number of halogens is 2. The molecule has 2 N–H and O–H groups in total. The standard InChI is InChI=1S/C17H10F2N2/c18-11-7-5-10(6-8-11)15-16(19)13-4-2-1-3-12(13)14(9-20)17(15)21/h1-8H,21H2. The van der Waals surface area contributed by atoms with Crippen LogP contribution >= 0.6 is 0 Å². The van der Waals surface area contributed by atoms with Crippen LogP contribution in [0.15, 0.2) is 48.5 Å². The smallest absolute Gasteiger partial charge is 0.141 e. The maximum absolute atomic E-state index is 14.7. The van der Waals surface area contributed by atoms with E-state index in [4.69, 9.17) is 5.73 Å². The summed E-state index contributed by atoms with van der Waals surface area (Å²) in [6.07, 6.45) is 0. The number of nitrogens with two attached hydrogens (primary N) is 1. The molecule has 0 aliphatic carbocycles. The highest BCUT2D eigenvalue weighted by Gasteiger charge is 2.18. The Kier molecular flexibility index (Phi) is 3.03. The van der Waals surface area contributed by atoms with Crippen LogP contribution in [0, 0.1) is 23.0 Å². The van der Waals surface area contributed by atoms with Gasteiger partial charge in [0.05, 0.1) is 11.3 Å². The molecule has 0 radical (unpaired) electrons. The highest BCUT2D eigenvalue weighted by Crippen LogP contribution is 2.37. The second kappa shape index (κ2) is 4.88. The van der Waals surface area contributed by atoms with Crippen molar-refractivity contribution in [3.63, 3.8) is 0 Å². The molecule has 0 spiro atoms. The highest BCUT2D eigenvalue weighted by molar-refractivity contribution is 6.00. The zero-order chi connectivity index (χ0) is 15.0. The van der Waals surface area contributed by atoms with Gasteiger partial charge in [0.2, 0.25) is 0 Å². The van der Waals surface area contributed by atoms with Crippen LogP contribution in [-0.4, -0.2) is 0 Å². The predicted molar refractivity (Wildman–Crippen MR) is 78.4 cm³/mol. The normalized spacial score (nSPS) is 10.5. The third-order valence-corrected chi connectivity index (χ3v) is 3.44. The van der Waals surface area contributed by atoms with Crippen LogP contribution in [0.3, 0.4) is 0 Å². The summed E-state index contributed by atoms with van der Waals surface area (Å²) in [5, 5.41) is 10.1. The molecule has 3 aromatic rings. The molecule has 0 saturated carbocycles. The molecule has 2 nitrogen and oxygen atoms in total. The van der Waals surface area contributed by atoms with E-state index in [0.29, 0.717) is 16.3 Å². The fraction of sp³-hybridized carbons (Fsp3) is 0. The fourth-order valence-corrected chi connectivity index (χ4v) is 2.43. The lowest BCUT2D eigenvalue weighted by Crippen LogP contribution is -2.00. The molecule has 0 amide bonds. The van der Waals surface area contributed by atoms with Crippen molar-refractivity contribution in [2.75, 3.05) is 5.73 Å². The summed E-state index contributed by atoms with van der Waals surface area (Å²) >= 11 is 0. The summed E-state index contributed by atoms with van der Waals surface area (Å²) in [6.45, 7) is 0. The number of benzene rings is 3. The summed E-state index contributed by atoms with van der Waals surface area (Å²) in [6, 6.07) is 14.0. The van der Waals surface area contributed by atoms with Gasteiger partial charge < -0.3 is 5.73 Å². The van der Waals surface area contributed by atoms with Gasteiger partial charge in [-0.15, -0.1) is 0 Å². The summed E-state index contributed by atoms with van der Waals surface area (Å²) in [5.74, 6) is -0.923. The van der Waals surface area contributed by atoms with Gasteiger partial charge >= 0.3 is 0 Å². The predicted octanol–water partition coefficient (Wildman–Crippen LogP) is 4.24. The van der Waals surface area contributed by atoms with E-state index in [0.717, 1.165) is 0 Å². The Morgan fingerprint density at radius 1 is 0.905 bits per heavy atom. The van der Waals surface area contributed by atoms with Crippen LogP contribution in [0.4, 0.5) is 14.5 Å². The van der Waals surface area contributed by atoms with Gasteiger partial charge in [0.15, 0.2) is 0 Å². The zero-order valence-corrected chi connectivity index (χ0v) is 10.9. The van der Waals surface area contributed by atoms with Crippen molar-refractivity contribution < 1.29 is 8.78 Å². The van der Waals surface area contributed by atoms with Crippen LogP contribution in [0.5, 0.6) is 0 Å². The third-order valence-electron chi connectivity index (χ3n) is 3.44. The number of hydrogen-bond acceptors (Lipinski definition) is 2. The van der Waals surface area contributed by atoms with Crippen molar-refractivity contribution in [1.82, 2.24) is 0 Å². The van der Waals surface area contributed by atoms with Crippen molar-refractivity contribution in [3.05, 3.63) is 65.7 Å². The lowest BCUT2D eigenvalue weighted by Gasteiger charge is -2.13. The number of fused-ring (bicyclic) bond motifs is 1. The van der Waals surface area contributed by atoms with Crippen LogP contribution in [-0.2, 0) is 0 Å². The highest BCUT2D eigenvalue weighted by atomic mass is 19.1. The molecule has 4 heteroatoms. The molecule has 21 heavy (non-hydrogen) atoms. The number of hydrogen-bond donors (Lipinski definition) is 1. The van der Waals surface area contributed by atoms with Gasteiger partial charge in [-0.05, 0) is 17.7 Å². The third kappa shape index (κ3) is 2.00. The minimum atomic E-state index is -0.506. The Bertz CT molecular complexity index is 878. The average Bonchev–Trinajstić information content (AvgIpc) is 2.50. The Hall–Kier alpha value is -2.93. The van der Waals surface area contributed by atoms with Gasteiger partial charge in [0.25, 0.3) is 0 Å². The fourth-order valence-electron chi connectivity index (χ4n) is 2.43. The largest absolute Gasteiger partial charge is 0.397 e. The molecule has 0 unspecified atom stereocenters. The topological polar surface area (TPSA) is 49.8 Å². The molecule has 0 fully saturated rings. The molecule has 0 atom stereocenters. The number of anilines is 1. The summed E-state index contributed by atoms with van der Waals surface area (Å²) < 4.78 is 27.8. The van der Waals surface area contributed by atoms with E-state index >= 15 is 0 Å². The Balaban J connectivity index is 2.43. The Morgan fingerprint density at radius 2 is 1.52 bits per heavy atom. The number of nitriles is 1.